The Labute approximate surface area is 215 Å². The van der Waals surface area contributed by atoms with Gasteiger partial charge in [-0.1, -0.05) is 59.2 Å². The van der Waals surface area contributed by atoms with Gasteiger partial charge in [0, 0.05) is 16.9 Å². The summed E-state index contributed by atoms with van der Waals surface area (Å²) < 4.78 is 16.7. The van der Waals surface area contributed by atoms with Crippen molar-refractivity contribution in [3.63, 3.8) is 0 Å². The highest BCUT2D eigenvalue weighted by Crippen LogP contribution is 2.36. The van der Waals surface area contributed by atoms with Crippen molar-refractivity contribution >= 4 is 24.2 Å². The molecule has 7 heteroatoms. The fourth-order valence-corrected chi connectivity index (χ4v) is 3.47. The van der Waals surface area contributed by atoms with Crippen molar-refractivity contribution in [3.8, 4) is 11.5 Å². The second-order valence-corrected chi connectivity index (χ2v) is 9.13. The Balaban J connectivity index is 0.00000281. The molecular formula is C27H41ClO5S. The van der Waals surface area contributed by atoms with Crippen molar-refractivity contribution < 1.29 is 24.4 Å². The summed E-state index contributed by atoms with van der Waals surface area (Å²) in [4.78, 5) is 0.701. The average Bonchev–Trinajstić information content (AvgIpc) is 2.85. The molecule has 0 radical (unpaired) electrons. The predicted octanol–water partition coefficient (Wildman–Crippen LogP) is 5.86. The third-order valence-corrected chi connectivity index (χ3v) is 5.97. The Hall–Kier alpha value is -1.44. The molecule has 0 amide bonds. The van der Waals surface area contributed by atoms with Crippen LogP contribution < -0.4 is 9.47 Å². The van der Waals surface area contributed by atoms with Crippen LogP contribution in [0.5, 0.6) is 11.5 Å². The first-order valence-electron chi connectivity index (χ1n) is 12.0. The zero-order valence-electron chi connectivity index (χ0n) is 21.1. The molecule has 2 unspecified atom stereocenters. The summed E-state index contributed by atoms with van der Waals surface area (Å²) in [5.74, 6) is 1.44. The molecular weight excluding hydrogens is 472 g/mol. The standard InChI is InChI=1S/C25H35ClO5S.C2H6/c1-4-5-12-29-15-21(28)17-30-22-9-6-18(7-10-22)25(2,3)19-8-11-23(24(32)13-19)31-16-20(27)14-26;1-2/h6-11,13,20-21,27-28,32H,4-5,12,14-17H2,1-3H3;1-2H3. The van der Waals surface area contributed by atoms with Gasteiger partial charge in [0.1, 0.15) is 36.9 Å². The van der Waals surface area contributed by atoms with Crippen molar-refractivity contribution in [1.29, 1.82) is 0 Å². The number of alkyl halides is 1. The summed E-state index contributed by atoms with van der Waals surface area (Å²) in [7, 11) is 0. The van der Waals surface area contributed by atoms with Gasteiger partial charge in [0.05, 0.1) is 12.5 Å². The number of aliphatic hydroxyl groups excluding tert-OH is 2. The maximum Gasteiger partial charge on any atom is 0.132 e. The molecule has 0 heterocycles. The van der Waals surface area contributed by atoms with E-state index in [0.29, 0.717) is 23.0 Å². The van der Waals surface area contributed by atoms with E-state index in [1.807, 2.05) is 56.3 Å². The van der Waals surface area contributed by atoms with Crippen molar-refractivity contribution in [2.75, 3.05) is 32.3 Å². The highest BCUT2D eigenvalue weighted by Gasteiger charge is 2.24. The molecule has 5 nitrogen and oxygen atoms in total. The molecule has 0 bridgehead atoms. The maximum atomic E-state index is 9.99. The van der Waals surface area contributed by atoms with Crippen LogP contribution in [0, 0.1) is 0 Å². The normalized spacial score (nSPS) is 13.0. The Morgan fingerprint density at radius 1 is 0.912 bits per heavy atom. The van der Waals surface area contributed by atoms with Gasteiger partial charge in [-0.3, -0.25) is 0 Å². The zero-order chi connectivity index (χ0) is 25.6. The number of hydrogen-bond donors (Lipinski definition) is 3. The van der Waals surface area contributed by atoms with Crippen molar-refractivity contribution in [2.45, 2.75) is 70.0 Å². The number of benzene rings is 2. The molecule has 2 atom stereocenters. The number of ether oxygens (including phenoxy) is 3. The average molecular weight is 513 g/mol. The molecule has 2 N–H and O–H groups in total. The van der Waals surface area contributed by atoms with Gasteiger partial charge in [0.2, 0.25) is 0 Å². The van der Waals surface area contributed by atoms with Gasteiger partial charge in [-0.2, -0.15) is 0 Å². The van der Waals surface area contributed by atoms with Crippen LogP contribution in [0.15, 0.2) is 47.4 Å². The quantitative estimate of drug-likeness (QED) is 0.168. The summed E-state index contributed by atoms with van der Waals surface area (Å²) in [5, 5.41) is 19.6. The molecule has 0 fully saturated rings. The van der Waals surface area contributed by atoms with E-state index in [9.17, 15) is 10.2 Å². The van der Waals surface area contributed by atoms with Gasteiger partial charge in [-0.05, 0) is 41.8 Å². The van der Waals surface area contributed by atoms with Crippen LogP contribution in [-0.4, -0.2) is 54.7 Å². The molecule has 0 aromatic heterocycles. The number of unbranched alkanes of at least 4 members (excludes halogenated alkanes) is 1. The van der Waals surface area contributed by atoms with Gasteiger partial charge in [-0.15, -0.1) is 24.2 Å². The summed E-state index contributed by atoms with van der Waals surface area (Å²) in [6, 6.07) is 13.7. The largest absolute Gasteiger partial charge is 0.491 e. The molecule has 2 aromatic rings. The Morgan fingerprint density at radius 3 is 2.12 bits per heavy atom. The van der Waals surface area contributed by atoms with Crippen molar-refractivity contribution in [2.24, 2.45) is 0 Å². The van der Waals surface area contributed by atoms with Crippen LogP contribution in [0.3, 0.4) is 0 Å². The van der Waals surface area contributed by atoms with E-state index >= 15 is 0 Å². The van der Waals surface area contributed by atoms with E-state index in [-0.39, 0.29) is 31.1 Å². The van der Waals surface area contributed by atoms with E-state index in [4.69, 9.17) is 25.8 Å². The topological polar surface area (TPSA) is 68.2 Å². The number of thiol groups is 1. The molecule has 0 spiro atoms. The van der Waals surface area contributed by atoms with Gasteiger partial charge in [0.15, 0.2) is 0 Å². The fourth-order valence-electron chi connectivity index (χ4n) is 3.10. The van der Waals surface area contributed by atoms with E-state index in [1.54, 1.807) is 0 Å². The number of hydrogen-bond acceptors (Lipinski definition) is 6. The SMILES string of the molecule is CC.CCCCOCC(O)COc1ccc(C(C)(C)c2ccc(OCC(O)CCl)c(S)c2)cc1. The Kier molecular flexibility index (Phi) is 14.6. The van der Waals surface area contributed by atoms with Crippen molar-refractivity contribution in [3.05, 3.63) is 53.6 Å². The molecule has 34 heavy (non-hydrogen) atoms. The predicted molar refractivity (Wildman–Crippen MR) is 143 cm³/mol. The maximum absolute atomic E-state index is 9.99. The fraction of sp³-hybridized carbons (Fsp3) is 0.556. The van der Waals surface area contributed by atoms with E-state index in [1.165, 1.54) is 0 Å². The second kappa shape index (κ2) is 16.3. The van der Waals surface area contributed by atoms with E-state index in [2.05, 4.69) is 33.4 Å². The third-order valence-electron chi connectivity index (χ3n) is 5.26. The van der Waals surface area contributed by atoms with Crippen LogP contribution in [-0.2, 0) is 10.2 Å². The first-order chi connectivity index (χ1) is 16.3. The van der Waals surface area contributed by atoms with Gasteiger partial charge < -0.3 is 24.4 Å². The zero-order valence-corrected chi connectivity index (χ0v) is 22.7. The van der Waals surface area contributed by atoms with E-state index in [0.717, 1.165) is 24.0 Å². The summed E-state index contributed by atoms with van der Waals surface area (Å²) in [6.07, 6.45) is 0.701. The van der Waals surface area contributed by atoms with Crippen molar-refractivity contribution in [1.82, 2.24) is 0 Å². The highest BCUT2D eigenvalue weighted by atomic mass is 35.5. The molecule has 0 aliphatic heterocycles. The molecule has 0 saturated heterocycles. The molecule has 2 aromatic carbocycles. The number of halogens is 1. The number of aliphatic hydroxyl groups is 2. The summed E-state index contributed by atoms with van der Waals surface area (Å²) in [5.41, 5.74) is 1.94. The monoisotopic (exact) mass is 512 g/mol. The van der Waals surface area contributed by atoms with Crippen LogP contribution in [0.2, 0.25) is 0 Å². The minimum absolute atomic E-state index is 0.123. The van der Waals surface area contributed by atoms with Crippen LogP contribution in [0.25, 0.3) is 0 Å². The number of rotatable bonds is 14. The minimum Gasteiger partial charge on any atom is -0.491 e. The molecule has 192 valence electrons. The lowest BCUT2D eigenvalue weighted by Gasteiger charge is -2.27. The smallest absolute Gasteiger partial charge is 0.132 e. The Bertz CT molecular complexity index is 813. The lowest BCUT2D eigenvalue weighted by molar-refractivity contribution is 0.0113. The lowest BCUT2D eigenvalue weighted by atomic mass is 9.78. The van der Waals surface area contributed by atoms with Gasteiger partial charge in [0.25, 0.3) is 0 Å². The first-order valence-corrected chi connectivity index (χ1v) is 13.0. The molecule has 2 rings (SSSR count). The highest BCUT2D eigenvalue weighted by molar-refractivity contribution is 7.80. The van der Waals surface area contributed by atoms with Crippen LogP contribution >= 0.6 is 24.2 Å². The first kappa shape index (κ1) is 30.6. The van der Waals surface area contributed by atoms with Gasteiger partial charge >= 0.3 is 0 Å². The minimum atomic E-state index is -0.712. The molecule has 0 saturated carbocycles. The van der Waals surface area contributed by atoms with Crippen LogP contribution in [0.1, 0.15) is 58.6 Å². The molecule has 0 aliphatic carbocycles. The summed E-state index contributed by atoms with van der Waals surface area (Å²) >= 11 is 10.2. The lowest BCUT2D eigenvalue weighted by Crippen LogP contribution is -2.24. The van der Waals surface area contributed by atoms with Crippen LogP contribution in [0.4, 0.5) is 0 Å². The molecule has 0 aliphatic rings. The Morgan fingerprint density at radius 2 is 1.53 bits per heavy atom. The van der Waals surface area contributed by atoms with Gasteiger partial charge in [-0.25, -0.2) is 0 Å². The summed E-state index contributed by atoms with van der Waals surface area (Å²) in [6.45, 7) is 11.6. The second-order valence-electron chi connectivity index (χ2n) is 8.34. The third kappa shape index (κ3) is 10.0. The van der Waals surface area contributed by atoms with E-state index < -0.39 is 12.2 Å².